The van der Waals surface area contributed by atoms with Crippen molar-refractivity contribution < 1.29 is 9.53 Å². The van der Waals surface area contributed by atoms with Crippen LogP contribution in [0.15, 0.2) is 24.4 Å². The highest BCUT2D eigenvalue weighted by atomic mass is 16.5. The Morgan fingerprint density at radius 1 is 1.36 bits per heavy atom. The first-order valence-corrected chi connectivity index (χ1v) is 9.45. The number of methoxy groups -OCH3 is 1. The maximum Gasteiger partial charge on any atom is 0.228 e. The molecule has 0 N–H and O–H groups in total. The predicted octanol–water partition coefficient (Wildman–Crippen LogP) is 2.36. The predicted molar refractivity (Wildman–Crippen MR) is 98.3 cm³/mol. The Kier molecular flexibility index (Phi) is 5.74. The maximum atomic E-state index is 12.6. The molecule has 0 aliphatic carbocycles. The molecule has 0 unspecified atom stereocenters. The number of aromatic nitrogens is 1. The quantitative estimate of drug-likeness (QED) is 0.822. The Hall–Kier alpha value is -1.46. The lowest BCUT2D eigenvalue weighted by molar-refractivity contribution is -0.132. The number of nitrogens with zero attached hydrogens (tertiary/aromatic N) is 3. The van der Waals surface area contributed by atoms with E-state index >= 15 is 0 Å². The molecule has 1 aromatic heterocycles. The summed E-state index contributed by atoms with van der Waals surface area (Å²) in [6.45, 7) is 8.23. The fraction of sp³-hybridized carbons (Fsp3) is 0.700. The number of pyridine rings is 1. The third kappa shape index (κ3) is 4.21. The van der Waals surface area contributed by atoms with E-state index in [0.717, 1.165) is 44.8 Å². The first kappa shape index (κ1) is 18.3. The van der Waals surface area contributed by atoms with Crippen LogP contribution in [0.3, 0.4) is 0 Å². The van der Waals surface area contributed by atoms with Crippen LogP contribution in [0, 0.1) is 5.41 Å². The second-order valence-electron chi connectivity index (χ2n) is 7.96. The third-order valence-electron chi connectivity index (χ3n) is 5.91. The van der Waals surface area contributed by atoms with E-state index in [1.807, 2.05) is 23.1 Å². The van der Waals surface area contributed by atoms with Gasteiger partial charge in [-0.05, 0) is 50.7 Å². The molecule has 3 rings (SSSR count). The molecule has 1 amide bonds. The molecule has 5 nitrogen and oxygen atoms in total. The van der Waals surface area contributed by atoms with Crippen molar-refractivity contribution in [1.29, 1.82) is 0 Å². The maximum absolute atomic E-state index is 12.6. The van der Waals surface area contributed by atoms with Crippen molar-refractivity contribution in [3.8, 4) is 0 Å². The SMILES string of the molecule is COC[C@H]1CC2(CCN(C(=O)Cc3ccccn3)CC2)CN1C(C)C. The molecule has 1 atom stereocenters. The second kappa shape index (κ2) is 7.83. The van der Waals surface area contributed by atoms with Gasteiger partial charge in [-0.1, -0.05) is 6.07 Å². The number of carbonyl (C=O) groups is 1. The largest absolute Gasteiger partial charge is 0.383 e. The third-order valence-corrected chi connectivity index (χ3v) is 5.91. The number of amides is 1. The summed E-state index contributed by atoms with van der Waals surface area (Å²) in [6, 6.07) is 6.81. The van der Waals surface area contributed by atoms with Gasteiger partial charge in [-0.15, -0.1) is 0 Å². The van der Waals surface area contributed by atoms with Gasteiger partial charge in [0.2, 0.25) is 5.91 Å². The van der Waals surface area contributed by atoms with E-state index in [2.05, 4.69) is 23.7 Å². The number of hydrogen-bond acceptors (Lipinski definition) is 4. The zero-order valence-corrected chi connectivity index (χ0v) is 15.8. The number of piperidine rings is 1. The van der Waals surface area contributed by atoms with Crippen LogP contribution in [-0.4, -0.2) is 66.1 Å². The summed E-state index contributed by atoms with van der Waals surface area (Å²) < 4.78 is 5.45. The van der Waals surface area contributed by atoms with Gasteiger partial charge in [0.25, 0.3) is 0 Å². The normalized spacial score (nSPS) is 23.5. The average Bonchev–Trinajstić information content (AvgIpc) is 2.95. The minimum Gasteiger partial charge on any atom is -0.383 e. The fourth-order valence-corrected chi connectivity index (χ4v) is 4.51. The van der Waals surface area contributed by atoms with Gasteiger partial charge >= 0.3 is 0 Å². The number of carbonyl (C=O) groups excluding carboxylic acids is 1. The van der Waals surface area contributed by atoms with Gasteiger partial charge in [0, 0.05) is 50.7 Å². The van der Waals surface area contributed by atoms with Crippen LogP contribution in [0.5, 0.6) is 0 Å². The van der Waals surface area contributed by atoms with Crippen molar-refractivity contribution in [2.24, 2.45) is 5.41 Å². The Morgan fingerprint density at radius 2 is 2.12 bits per heavy atom. The summed E-state index contributed by atoms with van der Waals surface area (Å²) in [7, 11) is 1.79. The highest BCUT2D eigenvalue weighted by molar-refractivity contribution is 5.78. The van der Waals surface area contributed by atoms with Gasteiger partial charge in [-0.2, -0.15) is 0 Å². The van der Waals surface area contributed by atoms with E-state index in [-0.39, 0.29) is 5.91 Å². The van der Waals surface area contributed by atoms with Gasteiger partial charge in [0.1, 0.15) is 0 Å². The van der Waals surface area contributed by atoms with Gasteiger partial charge in [0.15, 0.2) is 0 Å². The van der Waals surface area contributed by atoms with Crippen molar-refractivity contribution in [1.82, 2.24) is 14.8 Å². The van der Waals surface area contributed by atoms with Gasteiger partial charge in [-0.3, -0.25) is 14.7 Å². The molecular weight excluding hydrogens is 314 g/mol. The number of hydrogen-bond donors (Lipinski definition) is 0. The summed E-state index contributed by atoms with van der Waals surface area (Å²) in [5, 5.41) is 0. The molecule has 2 fully saturated rings. The molecule has 5 heteroatoms. The highest BCUT2D eigenvalue weighted by Crippen LogP contribution is 2.44. The molecule has 0 radical (unpaired) electrons. The minimum absolute atomic E-state index is 0.209. The lowest BCUT2D eigenvalue weighted by Crippen LogP contribution is -2.45. The van der Waals surface area contributed by atoms with Gasteiger partial charge in [-0.25, -0.2) is 0 Å². The topological polar surface area (TPSA) is 45.7 Å². The molecule has 2 aliphatic rings. The average molecular weight is 345 g/mol. The molecule has 3 heterocycles. The molecule has 2 saturated heterocycles. The molecule has 0 saturated carbocycles. The molecule has 138 valence electrons. The summed E-state index contributed by atoms with van der Waals surface area (Å²) in [4.78, 5) is 21.5. The molecule has 0 bridgehead atoms. The first-order valence-electron chi connectivity index (χ1n) is 9.45. The van der Waals surface area contributed by atoms with Crippen molar-refractivity contribution in [3.05, 3.63) is 30.1 Å². The zero-order chi connectivity index (χ0) is 17.9. The highest BCUT2D eigenvalue weighted by Gasteiger charge is 2.46. The molecule has 1 aromatic rings. The van der Waals surface area contributed by atoms with Gasteiger partial charge < -0.3 is 9.64 Å². The van der Waals surface area contributed by atoms with Crippen LogP contribution < -0.4 is 0 Å². The monoisotopic (exact) mass is 345 g/mol. The zero-order valence-electron chi connectivity index (χ0n) is 15.8. The molecular formula is C20H31N3O2. The van der Waals surface area contributed by atoms with E-state index in [4.69, 9.17) is 4.74 Å². The van der Waals surface area contributed by atoms with Crippen LogP contribution in [0.2, 0.25) is 0 Å². The Labute approximate surface area is 151 Å². The van der Waals surface area contributed by atoms with E-state index in [0.29, 0.717) is 23.9 Å². The van der Waals surface area contributed by atoms with E-state index in [1.165, 1.54) is 6.42 Å². The van der Waals surface area contributed by atoms with Gasteiger partial charge in [0.05, 0.1) is 13.0 Å². The minimum atomic E-state index is 0.209. The summed E-state index contributed by atoms with van der Waals surface area (Å²) in [6.07, 6.45) is 5.57. The lowest BCUT2D eigenvalue weighted by Gasteiger charge is -2.39. The number of ether oxygens (including phenoxy) is 1. The van der Waals surface area contributed by atoms with Crippen LogP contribution in [0.1, 0.15) is 38.8 Å². The van der Waals surface area contributed by atoms with E-state index < -0.39 is 0 Å². The Bertz CT molecular complexity index is 568. The lowest BCUT2D eigenvalue weighted by atomic mass is 9.76. The van der Waals surface area contributed by atoms with Crippen LogP contribution in [-0.2, 0) is 16.0 Å². The van der Waals surface area contributed by atoms with Crippen molar-refractivity contribution in [2.45, 2.75) is 51.6 Å². The summed E-state index contributed by atoms with van der Waals surface area (Å²) >= 11 is 0. The Morgan fingerprint density at radius 3 is 2.72 bits per heavy atom. The molecule has 25 heavy (non-hydrogen) atoms. The summed E-state index contributed by atoms with van der Waals surface area (Å²) in [5.74, 6) is 0.209. The van der Waals surface area contributed by atoms with Crippen molar-refractivity contribution in [3.63, 3.8) is 0 Å². The van der Waals surface area contributed by atoms with Crippen LogP contribution in [0.4, 0.5) is 0 Å². The van der Waals surface area contributed by atoms with E-state index in [1.54, 1.807) is 13.3 Å². The molecule has 0 aromatic carbocycles. The number of likely N-dealkylation sites (tertiary alicyclic amines) is 2. The second-order valence-corrected chi connectivity index (χ2v) is 7.96. The molecule has 2 aliphatic heterocycles. The Balaban J connectivity index is 1.57. The summed E-state index contributed by atoms with van der Waals surface area (Å²) in [5.41, 5.74) is 1.22. The number of rotatable bonds is 5. The smallest absolute Gasteiger partial charge is 0.228 e. The van der Waals surface area contributed by atoms with Crippen LogP contribution in [0.25, 0.3) is 0 Å². The van der Waals surface area contributed by atoms with Crippen molar-refractivity contribution >= 4 is 5.91 Å². The molecule has 1 spiro atoms. The van der Waals surface area contributed by atoms with Crippen LogP contribution >= 0.6 is 0 Å². The van der Waals surface area contributed by atoms with E-state index in [9.17, 15) is 4.79 Å². The first-order chi connectivity index (χ1) is 12.0. The fourth-order valence-electron chi connectivity index (χ4n) is 4.51. The van der Waals surface area contributed by atoms with Crippen molar-refractivity contribution in [2.75, 3.05) is 33.4 Å². The standard InChI is InChI=1S/C20H31N3O2/c1-16(2)23-15-20(13-18(23)14-25-3)7-10-22(11-8-20)19(24)12-17-6-4-5-9-21-17/h4-6,9,16,18H,7-8,10-15H2,1-3H3/t18-/m1/s1.